The highest BCUT2D eigenvalue weighted by molar-refractivity contribution is 5.77. The SMILES string of the molecule is C[C@H]1NC(=O)CC[C@@H]1CC(=O)O. The van der Waals surface area contributed by atoms with Crippen molar-refractivity contribution >= 4 is 11.9 Å². The molecule has 0 radical (unpaired) electrons. The van der Waals surface area contributed by atoms with E-state index in [9.17, 15) is 9.59 Å². The number of carbonyl (C=O) groups excluding carboxylic acids is 1. The number of carboxylic acid groups (broad SMARTS) is 1. The average molecular weight is 171 g/mol. The Morgan fingerprint density at radius 3 is 2.92 bits per heavy atom. The maximum atomic E-state index is 10.8. The van der Waals surface area contributed by atoms with E-state index >= 15 is 0 Å². The topological polar surface area (TPSA) is 66.4 Å². The number of piperidine rings is 1. The summed E-state index contributed by atoms with van der Waals surface area (Å²) in [7, 11) is 0. The molecule has 68 valence electrons. The molecule has 1 amide bonds. The zero-order chi connectivity index (χ0) is 9.14. The fraction of sp³-hybridized carbons (Fsp3) is 0.750. The van der Waals surface area contributed by atoms with E-state index in [-0.39, 0.29) is 24.3 Å². The van der Waals surface area contributed by atoms with Gasteiger partial charge in [-0.3, -0.25) is 9.59 Å². The van der Waals surface area contributed by atoms with E-state index in [1.807, 2.05) is 6.92 Å². The van der Waals surface area contributed by atoms with Gasteiger partial charge in [0.25, 0.3) is 0 Å². The Kier molecular flexibility index (Phi) is 2.68. The van der Waals surface area contributed by atoms with Gasteiger partial charge >= 0.3 is 5.97 Å². The molecule has 0 saturated carbocycles. The first-order valence-electron chi connectivity index (χ1n) is 4.10. The number of aliphatic carboxylic acids is 1. The number of rotatable bonds is 2. The maximum absolute atomic E-state index is 10.8. The molecule has 0 aliphatic carbocycles. The number of hydrogen-bond acceptors (Lipinski definition) is 2. The predicted molar refractivity (Wildman–Crippen MR) is 42.6 cm³/mol. The van der Waals surface area contributed by atoms with Crippen LogP contribution in [0.1, 0.15) is 26.2 Å². The van der Waals surface area contributed by atoms with Gasteiger partial charge in [0.2, 0.25) is 5.91 Å². The maximum Gasteiger partial charge on any atom is 0.303 e. The van der Waals surface area contributed by atoms with Gasteiger partial charge < -0.3 is 10.4 Å². The molecular formula is C8H13NO3. The second-order valence-electron chi connectivity index (χ2n) is 3.25. The van der Waals surface area contributed by atoms with Crippen LogP contribution >= 0.6 is 0 Å². The Morgan fingerprint density at radius 1 is 1.75 bits per heavy atom. The number of amides is 1. The first-order valence-corrected chi connectivity index (χ1v) is 4.10. The summed E-state index contributed by atoms with van der Waals surface area (Å²) < 4.78 is 0. The summed E-state index contributed by atoms with van der Waals surface area (Å²) >= 11 is 0. The van der Waals surface area contributed by atoms with Gasteiger partial charge in [-0.2, -0.15) is 0 Å². The summed E-state index contributed by atoms with van der Waals surface area (Å²) in [6.07, 6.45) is 1.31. The van der Waals surface area contributed by atoms with Crippen LogP contribution in [0, 0.1) is 5.92 Å². The molecule has 12 heavy (non-hydrogen) atoms. The van der Waals surface area contributed by atoms with E-state index in [2.05, 4.69) is 5.32 Å². The second-order valence-corrected chi connectivity index (χ2v) is 3.25. The van der Waals surface area contributed by atoms with E-state index in [0.29, 0.717) is 12.8 Å². The lowest BCUT2D eigenvalue weighted by atomic mass is 9.89. The van der Waals surface area contributed by atoms with E-state index in [0.717, 1.165) is 0 Å². The van der Waals surface area contributed by atoms with Gasteiger partial charge in [-0.05, 0) is 19.3 Å². The summed E-state index contributed by atoms with van der Waals surface area (Å²) in [6.45, 7) is 1.85. The molecule has 1 fully saturated rings. The molecule has 4 heteroatoms. The predicted octanol–water partition coefficient (Wildman–Crippen LogP) is 0.376. The molecule has 0 aromatic carbocycles. The third-order valence-corrected chi connectivity index (χ3v) is 2.27. The quantitative estimate of drug-likeness (QED) is 0.631. The molecule has 0 aromatic rings. The standard InChI is InChI=1S/C8H13NO3/c1-5-6(4-8(11)12)2-3-7(10)9-5/h5-6H,2-4H2,1H3,(H,9,10)(H,11,12)/t5-,6-/m1/s1. The van der Waals surface area contributed by atoms with Crippen LogP contribution in [0.3, 0.4) is 0 Å². The van der Waals surface area contributed by atoms with Crippen LogP contribution in [-0.2, 0) is 9.59 Å². The molecule has 0 aromatic heterocycles. The normalized spacial score (nSPS) is 29.6. The average Bonchev–Trinajstić information content (AvgIpc) is 1.94. The van der Waals surface area contributed by atoms with Crippen molar-refractivity contribution in [3.63, 3.8) is 0 Å². The summed E-state index contributed by atoms with van der Waals surface area (Å²) in [5.41, 5.74) is 0. The molecule has 2 atom stereocenters. The van der Waals surface area contributed by atoms with Crippen LogP contribution < -0.4 is 5.32 Å². The summed E-state index contributed by atoms with van der Waals surface area (Å²) in [6, 6.07) is 0.00218. The number of carbonyl (C=O) groups is 2. The Hall–Kier alpha value is -1.06. The minimum absolute atomic E-state index is 0.00218. The lowest BCUT2D eigenvalue weighted by molar-refractivity contribution is -0.139. The van der Waals surface area contributed by atoms with Gasteiger partial charge in [0.1, 0.15) is 0 Å². The molecule has 1 aliphatic rings. The van der Waals surface area contributed by atoms with Crippen LogP contribution in [0.25, 0.3) is 0 Å². The first-order chi connectivity index (χ1) is 5.59. The number of hydrogen-bond donors (Lipinski definition) is 2. The molecule has 1 heterocycles. The second kappa shape index (κ2) is 3.56. The minimum Gasteiger partial charge on any atom is -0.481 e. The summed E-state index contributed by atoms with van der Waals surface area (Å²) in [4.78, 5) is 21.2. The fourth-order valence-corrected chi connectivity index (χ4v) is 1.51. The highest BCUT2D eigenvalue weighted by atomic mass is 16.4. The smallest absolute Gasteiger partial charge is 0.303 e. The molecular weight excluding hydrogens is 158 g/mol. The van der Waals surface area contributed by atoms with Crippen LogP contribution in [0.5, 0.6) is 0 Å². The van der Waals surface area contributed by atoms with Gasteiger partial charge in [-0.15, -0.1) is 0 Å². The van der Waals surface area contributed by atoms with E-state index in [1.54, 1.807) is 0 Å². The molecule has 0 spiro atoms. The Labute approximate surface area is 71.0 Å². The Morgan fingerprint density at radius 2 is 2.42 bits per heavy atom. The number of carboxylic acids is 1. The van der Waals surface area contributed by atoms with Gasteiger partial charge in [0.05, 0.1) is 6.42 Å². The van der Waals surface area contributed by atoms with Crippen LogP contribution in [-0.4, -0.2) is 23.0 Å². The van der Waals surface area contributed by atoms with Gasteiger partial charge in [0, 0.05) is 12.5 Å². The van der Waals surface area contributed by atoms with Crippen LogP contribution in [0.2, 0.25) is 0 Å². The Balaban J connectivity index is 2.45. The molecule has 0 unspecified atom stereocenters. The van der Waals surface area contributed by atoms with Crippen LogP contribution in [0.4, 0.5) is 0 Å². The van der Waals surface area contributed by atoms with E-state index in [1.165, 1.54) is 0 Å². The van der Waals surface area contributed by atoms with Crippen molar-refractivity contribution < 1.29 is 14.7 Å². The Bertz CT molecular complexity index is 202. The molecule has 1 aliphatic heterocycles. The summed E-state index contributed by atoms with van der Waals surface area (Å²) in [5.74, 6) is -0.660. The van der Waals surface area contributed by atoms with E-state index < -0.39 is 5.97 Å². The monoisotopic (exact) mass is 171 g/mol. The third-order valence-electron chi connectivity index (χ3n) is 2.27. The molecule has 4 nitrogen and oxygen atoms in total. The van der Waals surface area contributed by atoms with Gasteiger partial charge in [0.15, 0.2) is 0 Å². The highest BCUT2D eigenvalue weighted by Gasteiger charge is 2.26. The lowest BCUT2D eigenvalue weighted by Crippen LogP contribution is -2.43. The van der Waals surface area contributed by atoms with Gasteiger partial charge in [-0.1, -0.05) is 0 Å². The largest absolute Gasteiger partial charge is 0.481 e. The highest BCUT2D eigenvalue weighted by Crippen LogP contribution is 2.19. The van der Waals surface area contributed by atoms with Crippen molar-refractivity contribution in [1.29, 1.82) is 0 Å². The van der Waals surface area contributed by atoms with Crippen molar-refractivity contribution in [2.24, 2.45) is 5.92 Å². The van der Waals surface area contributed by atoms with Crippen molar-refractivity contribution in [3.05, 3.63) is 0 Å². The zero-order valence-corrected chi connectivity index (χ0v) is 7.04. The third kappa shape index (κ3) is 2.22. The summed E-state index contributed by atoms with van der Waals surface area (Å²) in [5, 5.41) is 11.3. The first kappa shape index (κ1) is 9.03. The number of nitrogens with one attached hydrogen (secondary N) is 1. The molecule has 1 rings (SSSR count). The lowest BCUT2D eigenvalue weighted by Gasteiger charge is -2.28. The van der Waals surface area contributed by atoms with Gasteiger partial charge in [-0.25, -0.2) is 0 Å². The van der Waals surface area contributed by atoms with Crippen molar-refractivity contribution in [3.8, 4) is 0 Å². The van der Waals surface area contributed by atoms with E-state index in [4.69, 9.17) is 5.11 Å². The van der Waals surface area contributed by atoms with Crippen molar-refractivity contribution in [1.82, 2.24) is 5.32 Å². The zero-order valence-electron chi connectivity index (χ0n) is 7.04. The molecule has 1 saturated heterocycles. The van der Waals surface area contributed by atoms with Crippen molar-refractivity contribution in [2.45, 2.75) is 32.2 Å². The molecule has 2 N–H and O–H groups in total. The van der Waals surface area contributed by atoms with Crippen LogP contribution in [0.15, 0.2) is 0 Å². The fourth-order valence-electron chi connectivity index (χ4n) is 1.51. The minimum atomic E-state index is -0.789. The van der Waals surface area contributed by atoms with Crippen molar-refractivity contribution in [2.75, 3.05) is 0 Å². The molecule has 0 bridgehead atoms.